The number of aromatic nitrogens is 3. The molecular weight excluding hydrogens is 390 g/mol. The second-order valence-electron chi connectivity index (χ2n) is 6.51. The number of nitrogens with two attached hydrogens (primary N) is 1. The van der Waals surface area contributed by atoms with E-state index in [0.29, 0.717) is 47.1 Å². The Balaban J connectivity index is 2.11. The van der Waals surface area contributed by atoms with Crippen LogP contribution in [0.3, 0.4) is 0 Å². The molecule has 0 radical (unpaired) electrons. The summed E-state index contributed by atoms with van der Waals surface area (Å²) in [6.45, 7) is 8.93. The molecule has 1 aromatic carbocycles. The number of nitrogens with zero attached hydrogens (tertiary/aromatic N) is 3. The molecule has 29 heavy (non-hydrogen) atoms. The van der Waals surface area contributed by atoms with Gasteiger partial charge in [0.05, 0.1) is 18.8 Å². The molecule has 2 heterocycles. The van der Waals surface area contributed by atoms with Crippen molar-refractivity contribution in [2.24, 2.45) is 5.73 Å². The van der Waals surface area contributed by atoms with Crippen LogP contribution in [0.5, 0.6) is 11.5 Å². The highest BCUT2D eigenvalue weighted by Crippen LogP contribution is 2.39. The van der Waals surface area contributed by atoms with Crippen molar-refractivity contribution in [1.82, 2.24) is 14.8 Å². The van der Waals surface area contributed by atoms with Gasteiger partial charge in [0.25, 0.3) is 0 Å². The molecule has 0 bridgehead atoms. The molecule has 1 aliphatic heterocycles. The lowest BCUT2D eigenvalue weighted by Crippen LogP contribution is -2.31. The van der Waals surface area contributed by atoms with Gasteiger partial charge in [-0.05, 0) is 43.7 Å². The van der Waals surface area contributed by atoms with E-state index < -0.39 is 11.9 Å². The number of amides is 1. The summed E-state index contributed by atoms with van der Waals surface area (Å²) in [6.07, 6.45) is 0.898. The van der Waals surface area contributed by atoms with Gasteiger partial charge in [0, 0.05) is 5.70 Å². The summed E-state index contributed by atoms with van der Waals surface area (Å²) in [4.78, 5) is 16.9. The summed E-state index contributed by atoms with van der Waals surface area (Å²) in [5, 5.41) is 8.40. The van der Waals surface area contributed by atoms with E-state index in [4.69, 9.17) is 15.2 Å². The van der Waals surface area contributed by atoms with Crippen LogP contribution >= 0.6 is 11.8 Å². The van der Waals surface area contributed by atoms with Crippen LogP contribution in [0.1, 0.15) is 45.7 Å². The first kappa shape index (κ1) is 21.0. The highest BCUT2D eigenvalue weighted by atomic mass is 32.2. The van der Waals surface area contributed by atoms with E-state index in [9.17, 15) is 4.79 Å². The van der Waals surface area contributed by atoms with Crippen molar-refractivity contribution in [1.29, 1.82) is 0 Å². The third-order valence-electron chi connectivity index (χ3n) is 4.42. The third-order valence-corrected chi connectivity index (χ3v) is 5.14. The van der Waals surface area contributed by atoms with E-state index in [1.54, 1.807) is 4.68 Å². The lowest BCUT2D eigenvalue weighted by atomic mass is 9.95. The second kappa shape index (κ2) is 9.21. The summed E-state index contributed by atoms with van der Waals surface area (Å²) >= 11 is 1.54. The topological polar surface area (TPSA) is 104 Å². The first-order valence-electron chi connectivity index (χ1n) is 9.76. The van der Waals surface area contributed by atoms with Gasteiger partial charge in [0.15, 0.2) is 11.5 Å². The van der Waals surface area contributed by atoms with Gasteiger partial charge in [0.1, 0.15) is 6.04 Å². The van der Waals surface area contributed by atoms with Gasteiger partial charge in [-0.15, -0.1) is 5.10 Å². The number of benzene rings is 1. The zero-order chi connectivity index (χ0) is 21.0. The molecule has 1 aliphatic rings. The highest BCUT2D eigenvalue weighted by Gasteiger charge is 2.33. The summed E-state index contributed by atoms with van der Waals surface area (Å²) < 4.78 is 13.3. The molecule has 0 aliphatic carbocycles. The monoisotopic (exact) mass is 417 g/mol. The average Bonchev–Trinajstić information content (AvgIpc) is 3.08. The molecule has 3 rings (SSSR count). The summed E-state index contributed by atoms with van der Waals surface area (Å²) in [5.41, 5.74) is 7.68. The van der Waals surface area contributed by atoms with E-state index >= 15 is 0 Å². The van der Waals surface area contributed by atoms with E-state index in [-0.39, 0.29) is 0 Å². The molecule has 9 heteroatoms. The van der Waals surface area contributed by atoms with Crippen LogP contribution in [0.25, 0.3) is 0 Å². The maximum absolute atomic E-state index is 12.3. The number of rotatable bonds is 9. The Morgan fingerprint density at radius 1 is 1.28 bits per heavy atom. The van der Waals surface area contributed by atoms with Crippen molar-refractivity contribution in [3.05, 3.63) is 35.0 Å². The Morgan fingerprint density at radius 2 is 2.07 bits per heavy atom. The van der Waals surface area contributed by atoms with Gasteiger partial charge >= 0.3 is 0 Å². The van der Waals surface area contributed by atoms with Gasteiger partial charge in [-0.3, -0.25) is 4.79 Å². The quantitative estimate of drug-likeness (QED) is 0.603. The molecule has 0 saturated carbocycles. The smallest absolute Gasteiger partial charge is 0.248 e. The van der Waals surface area contributed by atoms with Crippen LogP contribution in [0.4, 0.5) is 5.95 Å². The minimum Gasteiger partial charge on any atom is -0.490 e. The third kappa shape index (κ3) is 4.34. The molecule has 2 aromatic rings. The highest BCUT2D eigenvalue weighted by molar-refractivity contribution is 7.99. The Labute approximate surface area is 174 Å². The first-order valence-corrected chi connectivity index (χ1v) is 10.7. The first-order chi connectivity index (χ1) is 14.0. The number of nitrogens with one attached hydrogen (secondary N) is 1. The molecule has 8 nitrogen and oxygen atoms in total. The van der Waals surface area contributed by atoms with Crippen LogP contribution in [-0.2, 0) is 4.79 Å². The van der Waals surface area contributed by atoms with Crippen LogP contribution in [-0.4, -0.2) is 39.6 Å². The fraction of sp³-hybridized carbons (Fsp3) is 0.450. The lowest BCUT2D eigenvalue weighted by Gasteiger charge is -2.28. The van der Waals surface area contributed by atoms with Crippen molar-refractivity contribution in [3.63, 3.8) is 0 Å². The minimum absolute atomic E-state index is 0.445. The number of anilines is 1. The van der Waals surface area contributed by atoms with Crippen LogP contribution in [0, 0.1) is 0 Å². The van der Waals surface area contributed by atoms with Crippen LogP contribution < -0.4 is 20.5 Å². The Kier molecular flexibility index (Phi) is 6.68. The van der Waals surface area contributed by atoms with Crippen molar-refractivity contribution in [2.45, 2.75) is 45.3 Å². The van der Waals surface area contributed by atoms with Crippen molar-refractivity contribution < 1.29 is 14.3 Å². The van der Waals surface area contributed by atoms with Crippen molar-refractivity contribution in [3.8, 4) is 11.5 Å². The number of thioether (sulfide) groups is 1. The molecule has 1 aromatic heterocycles. The van der Waals surface area contributed by atoms with Crippen molar-refractivity contribution >= 4 is 23.6 Å². The maximum Gasteiger partial charge on any atom is 0.248 e. The number of ether oxygens (including phenoxy) is 2. The molecule has 1 atom stereocenters. The Bertz CT molecular complexity index is 925. The SMILES string of the molecule is CCCOc1ccc(C2C(C(N)=O)=C(C)Nc3nc(SCC)nn32)cc1OCC. The van der Waals surface area contributed by atoms with Crippen LogP contribution in [0.15, 0.2) is 34.6 Å². The molecule has 1 amide bonds. The summed E-state index contributed by atoms with van der Waals surface area (Å²) in [5.74, 6) is 2.23. The zero-order valence-electron chi connectivity index (χ0n) is 17.2. The van der Waals surface area contributed by atoms with Crippen LogP contribution in [0.2, 0.25) is 0 Å². The van der Waals surface area contributed by atoms with E-state index in [1.165, 1.54) is 11.8 Å². The predicted octanol–water partition coefficient (Wildman–Crippen LogP) is 3.35. The average molecular weight is 418 g/mol. The van der Waals surface area contributed by atoms with E-state index in [0.717, 1.165) is 17.7 Å². The summed E-state index contributed by atoms with van der Waals surface area (Å²) in [6, 6.07) is 5.17. The molecule has 0 spiro atoms. The van der Waals surface area contributed by atoms with E-state index in [1.807, 2.05) is 39.0 Å². The number of carbonyl (C=O) groups excluding carboxylic acids is 1. The Morgan fingerprint density at radius 3 is 2.72 bits per heavy atom. The fourth-order valence-electron chi connectivity index (χ4n) is 3.24. The fourth-order valence-corrected chi connectivity index (χ4v) is 3.80. The molecular formula is C20H27N5O3S. The summed E-state index contributed by atoms with van der Waals surface area (Å²) in [7, 11) is 0. The largest absolute Gasteiger partial charge is 0.490 e. The van der Waals surface area contributed by atoms with Gasteiger partial charge in [-0.2, -0.15) is 4.98 Å². The number of hydrogen-bond donors (Lipinski definition) is 2. The number of hydrogen-bond acceptors (Lipinski definition) is 7. The van der Waals surface area contributed by atoms with Gasteiger partial charge < -0.3 is 20.5 Å². The van der Waals surface area contributed by atoms with Gasteiger partial charge in [-0.1, -0.05) is 31.7 Å². The molecule has 156 valence electrons. The number of fused-ring (bicyclic) bond motifs is 1. The molecule has 3 N–H and O–H groups in total. The minimum atomic E-state index is -0.505. The number of allylic oxidation sites excluding steroid dienone is 1. The Hall–Kier alpha value is -2.68. The molecule has 1 unspecified atom stereocenters. The number of carbonyl (C=O) groups is 1. The van der Waals surface area contributed by atoms with Crippen molar-refractivity contribution in [2.75, 3.05) is 24.3 Å². The van der Waals surface area contributed by atoms with E-state index in [2.05, 4.69) is 22.3 Å². The normalized spacial score (nSPS) is 15.7. The number of primary amides is 1. The predicted molar refractivity (Wildman–Crippen MR) is 113 cm³/mol. The molecule has 0 fully saturated rings. The van der Waals surface area contributed by atoms with Gasteiger partial charge in [-0.25, -0.2) is 4.68 Å². The zero-order valence-corrected chi connectivity index (χ0v) is 18.0. The standard InChI is InChI=1S/C20H27N5O3S/c1-5-10-28-14-9-8-13(11-15(14)27-6-2)17-16(18(21)26)12(4)22-19-23-20(29-7-3)24-25(17)19/h8-9,11,17H,5-7,10H2,1-4H3,(H2,21,26)(H,22,23,24). The second-order valence-corrected chi connectivity index (χ2v) is 7.74. The maximum atomic E-state index is 12.3. The lowest BCUT2D eigenvalue weighted by molar-refractivity contribution is -0.115. The molecule has 0 saturated heterocycles. The van der Waals surface area contributed by atoms with Gasteiger partial charge in [0.2, 0.25) is 17.0 Å².